The molecule has 32 heavy (non-hydrogen) atoms. The highest BCUT2D eigenvalue weighted by molar-refractivity contribution is 5.79. The zero-order valence-corrected chi connectivity index (χ0v) is 18.4. The van der Waals surface area contributed by atoms with Gasteiger partial charge >= 0.3 is 24.0 Å². The number of carbonyl (C=O) groups excluding carboxylic acids is 1. The molecular formula is C19H34N4O9. The smallest absolute Gasteiger partial charge is 0.407 e. The van der Waals surface area contributed by atoms with Crippen LogP contribution >= 0.6 is 0 Å². The summed E-state index contributed by atoms with van der Waals surface area (Å²) in [6, 6.07) is 0. The number of aliphatic carboxylic acids is 3. The van der Waals surface area contributed by atoms with E-state index in [0.29, 0.717) is 6.54 Å². The van der Waals surface area contributed by atoms with Crippen molar-refractivity contribution in [2.45, 2.75) is 32.6 Å². The minimum atomic E-state index is -1.26. The van der Waals surface area contributed by atoms with Gasteiger partial charge in [-0.05, 0) is 12.8 Å². The molecule has 0 aliphatic carbocycles. The lowest BCUT2D eigenvalue weighted by Crippen LogP contribution is -2.45. The Labute approximate surface area is 186 Å². The van der Waals surface area contributed by atoms with E-state index in [4.69, 9.17) is 15.3 Å². The maximum absolute atomic E-state index is 12.0. The number of nitrogens with one attached hydrogen (secondary N) is 1. The lowest BCUT2D eigenvalue weighted by molar-refractivity contribution is -0.142. The second kappa shape index (κ2) is 16.7. The Balaban J connectivity index is 4.70. The standard InChI is InChI=1S/C19H34N4O9/c1-2-3-4-6-20-15(24)11-22(14-18(29)30)9-10-23(19(31)32)8-5-7-21(12-16(25)26)13-17(27)28/h2-14H2,1H3,(H,20,24)(H,25,26)(H,27,28)(H,29,30)(H,31,32). The fraction of sp³-hybridized carbons (Fsp3) is 0.737. The zero-order chi connectivity index (χ0) is 24.5. The van der Waals surface area contributed by atoms with Gasteiger partial charge < -0.3 is 30.6 Å². The molecule has 0 rings (SSSR count). The van der Waals surface area contributed by atoms with Crippen LogP contribution in [0, 0.1) is 0 Å². The highest BCUT2D eigenvalue weighted by atomic mass is 16.4. The summed E-state index contributed by atoms with van der Waals surface area (Å²) in [7, 11) is 0. The lowest BCUT2D eigenvalue weighted by atomic mass is 10.2. The second-order valence-electron chi connectivity index (χ2n) is 7.28. The molecule has 0 bridgehead atoms. The van der Waals surface area contributed by atoms with Crippen molar-refractivity contribution in [3.8, 4) is 0 Å². The van der Waals surface area contributed by atoms with Gasteiger partial charge in [0.25, 0.3) is 0 Å². The molecule has 2 amide bonds. The third kappa shape index (κ3) is 15.8. The average molecular weight is 463 g/mol. The van der Waals surface area contributed by atoms with Crippen molar-refractivity contribution < 1.29 is 44.4 Å². The van der Waals surface area contributed by atoms with Gasteiger partial charge in [-0.15, -0.1) is 0 Å². The maximum Gasteiger partial charge on any atom is 0.407 e. The van der Waals surface area contributed by atoms with Crippen molar-refractivity contribution in [3.05, 3.63) is 0 Å². The normalized spacial score (nSPS) is 10.8. The van der Waals surface area contributed by atoms with Crippen LogP contribution in [0.4, 0.5) is 4.79 Å². The Morgan fingerprint density at radius 2 is 1.19 bits per heavy atom. The van der Waals surface area contributed by atoms with Gasteiger partial charge in [-0.1, -0.05) is 19.8 Å². The summed E-state index contributed by atoms with van der Waals surface area (Å²) in [6.07, 6.45) is 1.70. The summed E-state index contributed by atoms with van der Waals surface area (Å²) in [6.45, 7) is 0.920. The van der Waals surface area contributed by atoms with E-state index in [1.807, 2.05) is 6.92 Å². The molecule has 0 aromatic carbocycles. The van der Waals surface area contributed by atoms with Crippen molar-refractivity contribution in [1.82, 2.24) is 20.0 Å². The molecule has 0 saturated heterocycles. The largest absolute Gasteiger partial charge is 0.480 e. The first-order valence-electron chi connectivity index (χ1n) is 10.4. The molecule has 0 aliphatic rings. The second-order valence-corrected chi connectivity index (χ2v) is 7.28. The highest BCUT2D eigenvalue weighted by Crippen LogP contribution is 2.00. The number of carbonyl (C=O) groups is 5. The van der Waals surface area contributed by atoms with Gasteiger partial charge in [0.15, 0.2) is 0 Å². The fourth-order valence-electron chi connectivity index (χ4n) is 2.91. The van der Waals surface area contributed by atoms with E-state index in [2.05, 4.69) is 5.32 Å². The SMILES string of the molecule is CCCCCNC(=O)CN(CCN(CCCN(CC(=O)O)CC(=O)O)C(=O)O)CC(=O)O. The molecule has 0 radical (unpaired) electrons. The van der Waals surface area contributed by atoms with E-state index in [-0.39, 0.29) is 45.1 Å². The van der Waals surface area contributed by atoms with Crippen LogP contribution in [0.15, 0.2) is 0 Å². The van der Waals surface area contributed by atoms with Gasteiger partial charge in [0.05, 0.1) is 26.2 Å². The van der Waals surface area contributed by atoms with Crippen molar-refractivity contribution in [3.63, 3.8) is 0 Å². The monoisotopic (exact) mass is 462 g/mol. The zero-order valence-electron chi connectivity index (χ0n) is 18.4. The van der Waals surface area contributed by atoms with Gasteiger partial charge in [0.1, 0.15) is 0 Å². The van der Waals surface area contributed by atoms with Crippen molar-refractivity contribution in [1.29, 1.82) is 0 Å². The molecule has 0 saturated carbocycles. The van der Waals surface area contributed by atoms with E-state index in [9.17, 15) is 29.1 Å². The van der Waals surface area contributed by atoms with Gasteiger partial charge in [0, 0.05) is 32.7 Å². The molecule has 0 heterocycles. The van der Waals surface area contributed by atoms with Crippen LogP contribution in [0.3, 0.4) is 0 Å². The van der Waals surface area contributed by atoms with Crippen molar-refractivity contribution in [2.75, 3.05) is 58.9 Å². The quantitative estimate of drug-likeness (QED) is 0.156. The average Bonchev–Trinajstić information content (AvgIpc) is 2.65. The maximum atomic E-state index is 12.0. The molecular weight excluding hydrogens is 428 g/mol. The fourth-order valence-corrected chi connectivity index (χ4v) is 2.91. The molecule has 0 spiro atoms. The molecule has 13 heteroatoms. The van der Waals surface area contributed by atoms with E-state index in [1.165, 1.54) is 9.80 Å². The van der Waals surface area contributed by atoms with Crippen LogP contribution < -0.4 is 5.32 Å². The van der Waals surface area contributed by atoms with E-state index < -0.39 is 43.6 Å². The number of amides is 2. The van der Waals surface area contributed by atoms with E-state index in [1.54, 1.807) is 0 Å². The molecule has 0 atom stereocenters. The van der Waals surface area contributed by atoms with Crippen LogP contribution in [0.2, 0.25) is 0 Å². The number of unbranched alkanes of at least 4 members (excludes halogenated alkanes) is 2. The first kappa shape index (κ1) is 29.1. The summed E-state index contributed by atoms with van der Waals surface area (Å²) >= 11 is 0. The number of hydrogen-bond donors (Lipinski definition) is 5. The Kier molecular flexibility index (Phi) is 15.2. The third-order valence-electron chi connectivity index (χ3n) is 4.41. The first-order valence-corrected chi connectivity index (χ1v) is 10.4. The van der Waals surface area contributed by atoms with E-state index in [0.717, 1.165) is 24.2 Å². The Morgan fingerprint density at radius 1 is 0.656 bits per heavy atom. The Bertz CT molecular complexity index is 614. The first-order chi connectivity index (χ1) is 15.0. The predicted octanol–water partition coefficient (Wildman–Crippen LogP) is -0.479. The van der Waals surface area contributed by atoms with Crippen LogP contribution in [-0.2, 0) is 19.2 Å². The van der Waals surface area contributed by atoms with Gasteiger partial charge in [-0.3, -0.25) is 29.0 Å². The summed E-state index contributed by atoms with van der Waals surface area (Å²) in [5.74, 6) is -3.89. The summed E-state index contributed by atoms with van der Waals surface area (Å²) in [5, 5.41) is 38.8. The predicted molar refractivity (Wildman–Crippen MR) is 113 cm³/mol. The summed E-state index contributed by atoms with van der Waals surface area (Å²) < 4.78 is 0. The van der Waals surface area contributed by atoms with Crippen LogP contribution in [0.5, 0.6) is 0 Å². The molecule has 0 fully saturated rings. The van der Waals surface area contributed by atoms with Crippen LogP contribution in [0.25, 0.3) is 0 Å². The van der Waals surface area contributed by atoms with Crippen molar-refractivity contribution in [2.24, 2.45) is 0 Å². The number of nitrogens with zero attached hydrogens (tertiary/aromatic N) is 3. The van der Waals surface area contributed by atoms with Crippen LogP contribution in [-0.4, -0.2) is 124 Å². The third-order valence-corrected chi connectivity index (χ3v) is 4.41. The van der Waals surface area contributed by atoms with E-state index >= 15 is 0 Å². The number of carboxylic acid groups (broad SMARTS) is 4. The number of carboxylic acids is 3. The molecule has 5 N–H and O–H groups in total. The van der Waals surface area contributed by atoms with Gasteiger partial charge in [0.2, 0.25) is 5.91 Å². The topological polar surface area (TPSA) is 188 Å². The summed E-state index contributed by atoms with van der Waals surface area (Å²) in [5.41, 5.74) is 0. The number of rotatable bonds is 19. The minimum absolute atomic E-state index is 0.00476. The van der Waals surface area contributed by atoms with Gasteiger partial charge in [-0.2, -0.15) is 0 Å². The minimum Gasteiger partial charge on any atom is -0.480 e. The molecule has 0 unspecified atom stereocenters. The van der Waals surface area contributed by atoms with Crippen LogP contribution in [0.1, 0.15) is 32.6 Å². The molecule has 0 aromatic heterocycles. The number of hydrogen-bond acceptors (Lipinski definition) is 7. The van der Waals surface area contributed by atoms with Crippen molar-refractivity contribution >= 4 is 29.9 Å². The highest BCUT2D eigenvalue weighted by Gasteiger charge is 2.19. The summed E-state index contributed by atoms with van der Waals surface area (Å²) in [4.78, 5) is 59.8. The molecule has 0 aliphatic heterocycles. The van der Waals surface area contributed by atoms with Gasteiger partial charge in [-0.25, -0.2) is 4.79 Å². The molecule has 13 nitrogen and oxygen atoms in total. The Morgan fingerprint density at radius 3 is 1.66 bits per heavy atom. The molecule has 184 valence electrons. The Hall–Kier alpha value is -2.93. The lowest BCUT2D eigenvalue weighted by Gasteiger charge is -2.25. The molecule has 0 aromatic rings.